The van der Waals surface area contributed by atoms with Crippen LogP contribution in [0.2, 0.25) is 0 Å². The summed E-state index contributed by atoms with van der Waals surface area (Å²) in [5.74, 6) is -0.0195. The number of carboxylic acid groups (broad SMARTS) is 1. The first-order valence-corrected chi connectivity index (χ1v) is 8.19. The number of carbonyl (C=O) groups excluding carboxylic acids is 1. The van der Waals surface area contributed by atoms with Crippen molar-refractivity contribution in [2.75, 3.05) is 18.5 Å². The van der Waals surface area contributed by atoms with E-state index in [0.29, 0.717) is 18.8 Å². The topological polar surface area (TPSA) is 105 Å². The van der Waals surface area contributed by atoms with Crippen LogP contribution in [0.4, 0.5) is 10.6 Å². The van der Waals surface area contributed by atoms with Crippen molar-refractivity contribution < 1.29 is 19.4 Å². The lowest BCUT2D eigenvalue weighted by Crippen LogP contribution is -2.46. The first kappa shape index (κ1) is 18.3. The second-order valence-corrected chi connectivity index (χ2v) is 6.85. The molecule has 1 saturated heterocycles. The van der Waals surface area contributed by atoms with Crippen molar-refractivity contribution in [2.24, 2.45) is 7.05 Å². The molecule has 1 unspecified atom stereocenters. The van der Waals surface area contributed by atoms with Crippen molar-refractivity contribution in [3.63, 3.8) is 0 Å². The second-order valence-electron chi connectivity index (χ2n) is 6.85. The molecule has 8 nitrogen and oxygen atoms in total. The molecule has 134 valence electrons. The molecule has 0 aromatic carbocycles. The van der Waals surface area contributed by atoms with Crippen LogP contribution in [-0.2, 0) is 16.6 Å². The van der Waals surface area contributed by atoms with Gasteiger partial charge in [0, 0.05) is 37.6 Å². The van der Waals surface area contributed by atoms with Crippen molar-refractivity contribution in [2.45, 2.75) is 51.0 Å². The van der Waals surface area contributed by atoms with Gasteiger partial charge in [-0.05, 0) is 33.1 Å². The molecule has 1 aliphatic heterocycles. The summed E-state index contributed by atoms with van der Waals surface area (Å²) in [7, 11) is 1.78. The maximum Gasteiger partial charge on any atom is 0.320 e. The summed E-state index contributed by atoms with van der Waals surface area (Å²) < 4.78 is 7.11. The van der Waals surface area contributed by atoms with E-state index in [1.54, 1.807) is 25.6 Å². The number of nitrogens with zero attached hydrogens (tertiary/aromatic N) is 2. The standard InChI is InChI=1S/C16H26N4O4/c1-16(2,7-6-14(21)22)18-15(23)17-13-9-12(19-20(13)3)11-5-4-8-24-10-11/h9,11H,4-8,10H2,1-3H3,(H,21,22)(H2,17,18,23). The number of rotatable bonds is 6. The third-order valence-corrected chi connectivity index (χ3v) is 4.13. The Labute approximate surface area is 141 Å². The molecular formula is C16H26N4O4. The first-order chi connectivity index (χ1) is 11.3. The highest BCUT2D eigenvalue weighted by Gasteiger charge is 2.23. The lowest BCUT2D eigenvalue weighted by molar-refractivity contribution is -0.137. The van der Waals surface area contributed by atoms with Gasteiger partial charge in [0.1, 0.15) is 5.82 Å². The number of amides is 2. The number of aromatic nitrogens is 2. The van der Waals surface area contributed by atoms with E-state index in [2.05, 4.69) is 15.7 Å². The van der Waals surface area contributed by atoms with E-state index >= 15 is 0 Å². The lowest BCUT2D eigenvalue weighted by atomic mass is 9.98. The number of hydrogen-bond donors (Lipinski definition) is 3. The van der Waals surface area contributed by atoms with Gasteiger partial charge >= 0.3 is 12.0 Å². The zero-order valence-electron chi connectivity index (χ0n) is 14.5. The highest BCUT2D eigenvalue weighted by Crippen LogP contribution is 2.26. The van der Waals surface area contributed by atoms with E-state index in [0.717, 1.165) is 25.1 Å². The molecule has 0 radical (unpaired) electrons. The molecule has 2 heterocycles. The predicted octanol–water partition coefficient (Wildman–Crippen LogP) is 2.08. The normalized spacial score (nSPS) is 18.2. The third kappa shape index (κ3) is 5.23. The van der Waals surface area contributed by atoms with Gasteiger partial charge < -0.3 is 15.2 Å². The molecule has 0 aliphatic carbocycles. The summed E-state index contributed by atoms with van der Waals surface area (Å²) in [6, 6.07) is 1.49. The number of hydrogen-bond acceptors (Lipinski definition) is 4. The van der Waals surface area contributed by atoms with Crippen molar-refractivity contribution in [1.29, 1.82) is 0 Å². The Morgan fingerprint density at radius 3 is 2.88 bits per heavy atom. The van der Waals surface area contributed by atoms with Gasteiger partial charge in [0.15, 0.2) is 0 Å². The van der Waals surface area contributed by atoms with E-state index in [9.17, 15) is 9.59 Å². The van der Waals surface area contributed by atoms with Gasteiger partial charge in [-0.3, -0.25) is 14.8 Å². The second kappa shape index (κ2) is 7.65. The fourth-order valence-electron chi connectivity index (χ4n) is 2.72. The van der Waals surface area contributed by atoms with E-state index in [1.165, 1.54) is 0 Å². The first-order valence-electron chi connectivity index (χ1n) is 8.19. The Hall–Kier alpha value is -2.09. The van der Waals surface area contributed by atoms with Crippen LogP contribution in [-0.4, -0.2) is 45.6 Å². The summed E-state index contributed by atoms with van der Waals surface area (Å²) in [5, 5.41) is 18.8. The van der Waals surface area contributed by atoms with Crippen LogP contribution in [0.15, 0.2) is 6.07 Å². The monoisotopic (exact) mass is 338 g/mol. The Bertz CT molecular complexity index is 591. The van der Waals surface area contributed by atoms with Crippen molar-refractivity contribution in [3.05, 3.63) is 11.8 Å². The molecule has 2 amide bonds. The maximum atomic E-state index is 12.2. The molecule has 8 heteroatoms. The Kier molecular flexibility index (Phi) is 5.82. The molecule has 1 aliphatic rings. The Morgan fingerprint density at radius 2 is 2.25 bits per heavy atom. The van der Waals surface area contributed by atoms with Crippen LogP contribution in [0, 0.1) is 0 Å². The van der Waals surface area contributed by atoms with Crippen LogP contribution in [0.5, 0.6) is 0 Å². The van der Waals surface area contributed by atoms with Gasteiger partial charge in [0.25, 0.3) is 0 Å². The van der Waals surface area contributed by atoms with Gasteiger partial charge in [-0.15, -0.1) is 0 Å². The van der Waals surface area contributed by atoms with Gasteiger partial charge in [-0.2, -0.15) is 5.10 Å². The highest BCUT2D eigenvalue weighted by atomic mass is 16.5. The minimum absolute atomic E-state index is 0.00478. The molecule has 1 aromatic heterocycles. The molecule has 0 saturated carbocycles. The number of ether oxygens (including phenoxy) is 1. The van der Waals surface area contributed by atoms with Gasteiger partial charge in [-0.1, -0.05) is 0 Å². The number of aryl methyl sites for hydroxylation is 1. The van der Waals surface area contributed by atoms with Crippen LogP contribution in [0.1, 0.15) is 51.1 Å². The summed E-state index contributed by atoms with van der Waals surface area (Å²) in [4.78, 5) is 22.8. The van der Waals surface area contributed by atoms with Crippen LogP contribution in [0.25, 0.3) is 0 Å². The fraction of sp³-hybridized carbons (Fsp3) is 0.688. The molecular weight excluding hydrogens is 312 g/mol. The molecule has 1 atom stereocenters. The maximum absolute atomic E-state index is 12.2. The molecule has 0 spiro atoms. The van der Waals surface area contributed by atoms with Crippen molar-refractivity contribution in [1.82, 2.24) is 15.1 Å². The summed E-state index contributed by atoms with van der Waals surface area (Å²) in [5.41, 5.74) is 0.304. The van der Waals surface area contributed by atoms with E-state index in [4.69, 9.17) is 9.84 Å². The Morgan fingerprint density at radius 1 is 1.50 bits per heavy atom. The highest BCUT2D eigenvalue weighted by molar-refractivity contribution is 5.89. The Balaban J connectivity index is 1.93. The average molecular weight is 338 g/mol. The van der Waals surface area contributed by atoms with Gasteiger partial charge in [-0.25, -0.2) is 4.79 Å². The molecule has 1 aromatic rings. The van der Waals surface area contributed by atoms with Crippen LogP contribution >= 0.6 is 0 Å². The van der Waals surface area contributed by atoms with Crippen molar-refractivity contribution >= 4 is 17.8 Å². The molecule has 3 N–H and O–H groups in total. The molecule has 24 heavy (non-hydrogen) atoms. The number of carbonyl (C=O) groups is 2. The zero-order valence-corrected chi connectivity index (χ0v) is 14.5. The number of nitrogens with one attached hydrogen (secondary N) is 2. The molecule has 0 bridgehead atoms. The molecule has 2 rings (SSSR count). The van der Waals surface area contributed by atoms with Crippen LogP contribution < -0.4 is 10.6 Å². The molecule has 1 fully saturated rings. The lowest BCUT2D eigenvalue weighted by Gasteiger charge is -2.25. The largest absolute Gasteiger partial charge is 0.481 e. The summed E-state index contributed by atoms with van der Waals surface area (Å²) in [6.45, 7) is 5.04. The van der Waals surface area contributed by atoms with Crippen LogP contribution in [0.3, 0.4) is 0 Å². The van der Waals surface area contributed by atoms with E-state index < -0.39 is 11.5 Å². The number of carboxylic acids is 1. The van der Waals surface area contributed by atoms with Crippen molar-refractivity contribution in [3.8, 4) is 0 Å². The quantitative estimate of drug-likeness (QED) is 0.736. The van der Waals surface area contributed by atoms with Gasteiger partial charge in [0.05, 0.1) is 12.3 Å². The smallest absolute Gasteiger partial charge is 0.320 e. The van der Waals surface area contributed by atoms with E-state index in [1.807, 2.05) is 6.07 Å². The predicted molar refractivity (Wildman–Crippen MR) is 89.1 cm³/mol. The minimum atomic E-state index is -0.878. The SMILES string of the molecule is Cn1nc(C2CCCOC2)cc1NC(=O)NC(C)(C)CCC(=O)O. The number of aliphatic carboxylic acids is 1. The number of urea groups is 1. The third-order valence-electron chi connectivity index (χ3n) is 4.13. The summed E-state index contributed by atoms with van der Waals surface area (Å²) >= 11 is 0. The van der Waals surface area contributed by atoms with Gasteiger partial charge in [0.2, 0.25) is 0 Å². The van der Waals surface area contributed by atoms with E-state index in [-0.39, 0.29) is 18.4 Å². The number of anilines is 1. The summed E-state index contributed by atoms with van der Waals surface area (Å²) in [6.07, 6.45) is 2.41. The zero-order chi connectivity index (χ0) is 17.7. The minimum Gasteiger partial charge on any atom is -0.481 e. The fourth-order valence-corrected chi connectivity index (χ4v) is 2.72. The average Bonchev–Trinajstić information content (AvgIpc) is 2.87.